The molecule has 0 atom stereocenters. The van der Waals surface area contributed by atoms with Gasteiger partial charge in [0.15, 0.2) is 0 Å². The van der Waals surface area contributed by atoms with Gasteiger partial charge in [-0.1, -0.05) is 6.07 Å². The number of aromatic nitrogens is 3. The van der Waals surface area contributed by atoms with E-state index in [1.165, 1.54) is 5.56 Å². The second-order valence-corrected chi connectivity index (χ2v) is 8.04. The number of rotatable bonds is 4. The minimum Gasteiger partial charge on any atom is -0.350 e. The first-order valence-corrected chi connectivity index (χ1v) is 9.20. The van der Waals surface area contributed by atoms with Crippen LogP contribution in [-0.2, 0) is 0 Å². The molecule has 0 aliphatic carbocycles. The lowest BCUT2D eigenvalue weighted by Crippen LogP contribution is -2.27. The van der Waals surface area contributed by atoms with E-state index < -0.39 is 0 Å². The predicted octanol–water partition coefficient (Wildman–Crippen LogP) is 5.56. The minimum atomic E-state index is -0.140. The lowest BCUT2D eigenvalue weighted by Gasteiger charge is -2.21. The Morgan fingerprint density at radius 2 is 1.69 bits per heavy atom. The molecule has 0 amide bonds. The fourth-order valence-corrected chi connectivity index (χ4v) is 3.03. The highest BCUT2D eigenvalue weighted by atomic mass is 79.9. The van der Waals surface area contributed by atoms with Crippen molar-refractivity contribution in [2.45, 2.75) is 33.2 Å². The van der Waals surface area contributed by atoms with Gasteiger partial charge >= 0.3 is 0 Å². The Kier molecular flexibility index (Phi) is 5.23. The van der Waals surface area contributed by atoms with Crippen LogP contribution >= 0.6 is 15.9 Å². The van der Waals surface area contributed by atoms with Crippen LogP contribution in [0, 0.1) is 6.92 Å². The summed E-state index contributed by atoms with van der Waals surface area (Å²) in [4.78, 5) is 13.4. The molecule has 0 aliphatic rings. The van der Waals surface area contributed by atoms with Gasteiger partial charge < -0.3 is 10.6 Å². The van der Waals surface area contributed by atoms with Crippen LogP contribution in [0.3, 0.4) is 0 Å². The SMILES string of the molecule is Cc1ccc(Nc2cc(-c3ccncc3)nc(NC(C)(C)C)n2)c(Br)c1. The van der Waals surface area contributed by atoms with E-state index in [2.05, 4.69) is 81.3 Å². The molecule has 26 heavy (non-hydrogen) atoms. The summed E-state index contributed by atoms with van der Waals surface area (Å²) in [7, 11) is 0. The number of hydrogen-bond donors (Lipinski definition) is 2. The molecule has 0 bridgehead atoms. The number of aryl methyl sites for hydroxylation is 1. The zero-order valence-electron chi connectivity index (χ0n) is 15.3. The topological polar surface area (TPSA) is 62.7 Å². The second-order valence-electron chi connectivity index (χ2n) is 7.18. The van der Waals surface area contributed by atoms with Crippen molar-refractivity contribution in [2.75, 3.05) is 10.6 Å². The van der Waals surface area contributed by atoms with Gasteiger partial charge in [-0.3, -0.25) is 4.98 Å². The van der Waals surface area contributed by atoms with Crippen molar-refractivity contribution in [3.05, 3.63) is 58.8 Å². The maximum Gasteiger partial charge on any atom is 0.225 e. The van der Waals surface area contributed by atoms with E-state index in [4.69, 9.17) is 0 Å². The van der Waals surface area contributed by atoms with Crippen LogP contribution in [0.15, 0.2) is 53.3 Å². The van der Waals surface area contributed by atoms with E-state index in [1.807, 2.05) is 24.3 Å². The Morgan fingerprint density at radius 3 is 2.35 bits per heavy atom. The van der Waals surface area contributed by atoms with Crippen LogP contribution < -0.4 is 10.6 Å². The summed E-state index contributed by atoms with van der Waals surface area (Å²) >= 11 is 3.61. The molecule has 5 nitrogen and oxygen atoms in total. The van der Waals surface area contributed by atoms with Crippen LogP contribution in [0.2, 0.25) is 0 Å². The summed E-state index contributed by atoms with van der Waals surface area (Å²) < 4.78 is 0.993. The van der Waals surface area contributed by atoms with Gasteiger partial charge in [-0.25, -0.2) is 4.98 Å². The van der Waals surface area contributed by atoms with Crippen molar-refractivity contribution in [2.24, 2.45) is 0 Å². The number of nitrogens with one attached hydrogen (secondary N) is 2. The van der Waals surface area contributed by atoms with Crippen molar-refractivity contribution in [3.8, 4) is 11.3 Å². The lowest BCUT2D eigenvalue weighted by molar-refractivity contribution is 0.626. The molecule has 0 unspecified atom stereocenters. The van der Waals surface area contributed by atoms with Gasteiger partial charge in [0.2, 0.25) is 5.95 Å². The number of hydrogen-bond acceptors (Lipinski definition) is 5. The number of anilines is 3. The van der Waals surface area contributed by atoms with Crippen LogP contribution in [0.25, 0.3) is 11.3 Å². The molecular formula is C20H22BrN5. The number of halogens is 1. The normalized spacial score (nSPS) is 11.3. The zero-order chi connectivity index (χ0) is 18.7. The van der Waals surface area contributed by atoms with E-state index >= 15 is 0 Å². The molecule has 6 heteroatoms. The quantitative estimate of drug-likeness (QED) is 0.587. The number of nitrogens with zero attached hydrogens (tertiary/aromatic N) is 3. The minimum absolute atomic E-state index is 0.140. The van der Waals surface area contributed by atoms with Crippen molar-refractivity contribution in [3.63, 3.8) is 0 Å². The Morgan fingerprint density at radius 1 is 0.962 bits per heavy atom. The summed E-state index contributed by atoms with van der Waals surface area (Å²) in [6, 6.07) is 12.0. The summed E-state index contributed by atoms with van der Waals surface area (Å²) in [5, 5.41) is 6.73. The maximum atomic E-state index is 4.67. The van der Waals surface area contributed by atoms with Crippen LogP contribution in [0.5, 0.6) is 0 Å². The highest BCUT2D eigenvalue weighted by molar-refractivity contribution is 9.10. The Balaban J connectivity index is 2.01. The maximum absolute atomic E-state index is 4.67. The van der Waals surface area contributed by atoms with Gasteiger partial charge in [0, 0.05) is 34.0 Å². The largest absolute Gasteiger partial charge is 0.350 e. The predicted molar refractivity (Wildman–Crippen MR) is 111 cm³/mol. The van der Waals surface area contributed by atoms with E-state index in [-0.39, 0.29) is 5.54 Å². The Bertz CT molecular complexity index is 904. The van der Waals surface area contributed by atoms with Crippen molar-refractivity contribution >= 4 is 33.4 Å². The zero-order valence-corrected chi connectivity index (χ0v) is 16.9. The standard InChI is InChI=1S/C20H22BrN5/c1-13-5-6-16(15(21)11-13)23-18-12-17(14-7-9-22-10-8-14)24-19(25-18)26-20(2,3)4/h5-12H,1-4H3,(H2,23,24,25,26). The molecule has 0 fully saturated rings. The molecular weight excluding hydrogens is 390 g/mol. The van der Waals surface area contributed by atoms with Crippen LogP contribution in [-0.4, -0.2) is 20.5 Å². The first-order valence-electron chi connectivity index (χ1n) is 8.41. The molecule has 3 rings (SSSR count). The highest BCUT2D eigenvalue weighted by Crippen LogP contribution is 2.28. The molecule has 2 N–H and O–H groups in total. The third-order valence-corrected chi connectivity index (χ3v) is 4.23. The second kappa shape index (κ2) is 7.41. The van der Waals surface area contributed by atoms with Crippen molar-refractivity contribution < 1.29 is 0 Å². The first kappa shape index (κ1) is 18.3. The third kappa shape index (κ3) is 4.79. The van der Waals surface area contributed by atoms with Crippen molar-refractivity contribution in [1.29, 1.82) is 0 Å². The van der Waals surface area contributed by atoms with Crippen LogP contribution in [0.4, 0.5) is 17.5 Å². The number of pyridine rings is 1. The summed E-state index contributed by atoms with van der Waals surface area (Å²) in [5.41, 5.74) is 3.83. The highest BCUT2D eigenvalue weighted by Gasteiger charge is 2.14. The molecule has 3 aromatic rings. The molecule has 134 valence electrons. The Labute approximate surface area is 162 Å². The molecule has 2 aromatic heterocycles. The fraction of sp³-hybridized carbons (Fsp3) is 0.250. The molecule has 2 heterocycles. The first-order chi connectivity index (χ1) is 12.3. The van der Waals surface area contributed by atoms with E-state index in [0.29, 0.717) is 5.95 Å². The summed E-state index contributed by atoms with van der Waals surface area (Å²) in [6.07, 6.45) is 3.52. The fourth-order valence-electron chi connectivity index (χ4n) is 2.43. The van der Waals surface area contributed by atoms with E-state index in [0.717, 1.165) is 27.2 Å². The smallest absolute Gasteiger partial charge is 0.225 e. The molecule has 0 saturated heterocycles. The van der Waals surface area contributed by atoms with Gasteiger partial charge in [-0.05, 0) is 73.5 Å². The average molecular weight is 412 g/mol. The average Bonchev–Trinajstić information content (AvgIpc) is 2.56. The molecule has 0 aliphatic heterocycles. The molecule has 0 saturated carbocycles. The van der Waals surface area contributed by atoms with Crippen LogP contribution in [0.1, 0.15) is 26.3 Å². The molecule has 1 aromatic carbocycles. The van der Waals surface area contributed by atoms with Gasteiger partial charge in [0.25, 0.3) is 0 Å². The summed E-state index contributed by atoms with van der Waals surface area (Å²) in [6.45, 7) is 8.31. The number of benzene rings is 1. The van der Waals surface area contributed by atoms with Gasteiger partial charge in [0.05, 0.1) is 11.4 Å². The molecule has 0 spiro atoms. The van der Waals surface area contributed by atoms with E-state index in [9.17, 15) is 0 Å². The molecule has 0 radical (unpaired) electrons. The van der Waals surface area contributed by atoms with E-state index in [1.54, 1.807) is 12.4 Å². The lowest BCUT2D eigenvalue weighted by atomic mass is 10.1. The third-order valence-electron chi connectivity index (χ3n) is 3.58. The van der Waals surface area contributed by atoms with Crippen molar-refractivity contribution in [1.82, 2.24) is 15.0 Å². The van der Waals surface area contributed by atoms with Gasteiger partial charge in [0.1, 0.15) is 5.82 Å². The monoisotopic (exact) mass is 411 g/mol. The Hall–Kier alpha value is -2.47. The van der Waals surface area contributed by atoms with Gasteiger partial charge in [-0.15, -0.1) is 0 Å². The summed E-state index contributed by atoms with van der Waals surface area (Å²) in [5.74, 6) is 1.31. The van der Waals surface area contributed by atoms with Gasteiger partial charge in [-0.2, -0.15) is 4.98 Å².